The summed E-state index contributed by atoms with van der Waals surface area (Å²) in [5.74, 6) is 0.281. The lowest BCUT2D eigenvalue weighted by atomic mass is 9.94. The van der Waals surface area contributed by atoms with E-state index < -0.39 is 17.8 Å². The maximum atomic E-state index is 12.6. The van der Waals surface area contributed by atoms with E-state index in [0.29, 0.717) is 6.42 Å². The minimum atomic E-state index is -4.42. The molecule has 0 radical (unpaired) electrons. The van der Waals surface area contributed by atoms with E-state index in [4.69, 9.17) is 5.73 Å². The number of hydrogen-bond acceptors (Lipinski definition) is 3. The molecule has 0 saturated carbocycles. The summed E-state index contributed by atoms with van der Waals surface area (Å²) in [5.41, 5.74) is 5.26. The maximum absolute atomic E-state index is 12.6. The number of nitrogen functional groups attached to an aromatic ring is 1. The van der Waals surface area contributed by atoms with Crippen molar-refractivity contribution in [2.75, 3.05) is 18.8 Å². The molecule has 106 valence electrons. The summed E-state index contributed by atoms with van der Waals surface area (Å²) in [6.45, 7) is 1.67. The van der Waals surface area contributed by atoms with E-state index in [-0.39, 0.29) is 17.2 Å². The predicted molar refractivity (Wildman–Crippen MR) is 66.4 cm³/mol. The Balaban J connectivity index is 2.17. The van der Waals surface area contributed by atoms with Crippen LogP contribution in [0.15, 0.2) is 18.2 Å². The number of anilines is 1. The Bertz CT molecular complexity index is 442. The second kappa shape index (κ2) is 5.38. The molecule has 1 heterocycles. The Morgan fingerprint density at radius 3 is 2.74 bits per heavy atom. The van der Waals surface area contributed by atoms with Gasteiger partial charge in [0.15, 0.2) is 0 Å². The molecule has 2 rings (SSSR count). The molecule has 0 aromatic heterocycles. The first-order valence-electron chi connectivity index (χ1n) is 6.23. The monoisotopic (exact) mass is 274 g/mol. The summed E-state index contributed by atoms with van der Waals surface area (Å²) >= 11 is 0. The highest BCUT2D eigenvalue weighted by molar-refractivity contribution is 5.50. The predicted octanol–water partition coefficient (Wildman–Crippen LogP) is 2.32. The third-order valence-electron chi connectivity index (χ3n) is 3.49. The average Bonchev–Trinajstić information content (AvgIpc) is 2.80. The molecule has 2 atom stereocenters. The summed E-state index contributed by atoms with van der Waals surface area (Å²) in [7, 11) is 0. The normalized spacial score (nSPS) is 21.6. The molecule has 0 spiro atoms. The van der Waals surface area contributed by atoms with Gasteiger partial charge >= 0.3 is 6.18 Å². The number of alkyl halides is 3. The van der Waals surface area contributed by atoms with Gasteiger partial charge in [-0.15, -0.1) is 0 Å². The van der Waals surface area contributed by atoms with Crippen LogP contribution in [0.5, 0.6) is 0 Å². The van der Waals surface area contributed by atoms with Gasteiger partial charge in [-0.1, -0.05) is 0 Å². The molecule has 1 saturated heterocycles. The highest BCUT2D eigenvalue weighted by Crippen LogP contribution is 2.35. The Morgan fingerprint density at radius 1 is 1.42 bits per heavy atom. The second-order valence-corrected chi connectivity index (χ2v) is 4.95. The van der Waals surface area contributed by atoms with Crippen LogP contribution in [0, 0.1) is 5.92 Å². The molecular formula is C13H17F3N2O. The minimum absolute atomic E-state index is 0.168. The van der Waals surface area contributed by atoms with Crippen LogP contribution in [0.25, 0.3) is 0 Å². The molecule has 1 aromatic carbocycles. The number of halogens is 3. The number of aliphatic hydroxyl groups is 1. The number of nitrogens with one attached hydrogen (secondary N) is 1. The van der Waals surface area contributed by atoms with E-state index in [1.54, 1.807) is 0 Å². The van der Waals surface area contributed by atoms with E-state index in [1.165, 1.54) is 6.07 Å². The van der Waals surface area contributed by atoms with Gasteiger partial charge in [-0.05, 0) is 50.0 Å². The van der Waals surface area contributed by atoms with Gasteiger partial charge in [-0.2, -0.15) is 13.2 Å². The zero-order chi connectivity index (χ0) is 14.0. The summed E-state index contributed by atoms with van der Waals surface area (Å²) in [5, 5.41) is 13.2. The fraction of sp³-hybridized carbons (Fsp3) is 0.538. The number of benzene rings is 1. The molecule has 0 aliphatic carbocycles. The smallest absolute Gasteiger partial charge is 0.398 e. The van der Waals surface area contributed by atoms with Crippen molar-refractivity contribution in [3.63, 3.8) is 0 Å². The standard InChI is InChI=1S/C13H17F3N2O/c14-13(15,16)9-1-2-11(17)10(6-9)12(19)5-8-3-4-18-7-8/h1-2,6,8,12,18-19H,3-5,7,17H2. The first-order chi connectivity index (χ1) is 8.88. The highest BCUT2D eigenvalue weighted by Gasteiger charge is 2.32. The fourth-order valence-electron chi connectivity index (χ4n) is 2.40. The van der Waals surface area contributed by atoms with Gasteiger partial charge in [0.1, 0.15) is 0 Å². The van der Waals surface area contributed by atoms with Crippen LogP contribution in [-0.2, 0) is 6.18 Å². The van der Waals surface area contributed by atoms with E-state index in [1.807, 2.05) is 0 Å². The molecule has 2 unspecified atom stereocenters. The highest BCUT2D eigenvalue weighted by atomic mass is 19.4. The van der Waals surface area contributed by atoms with Gasteiger partial charge in [-0.25, -0.2) is 0 Å². The number of nitrogens with two attached hydrogens (primary N) is 1. The van der Waals surface area contributed by atoms with E-state index >= 15 is 0 Å². The zero-order valence-electron chi connectivity index (χ0n) is 10.4. The lowest BCUT2D eigenvalue weighted by molar-refractivity contribution is -0.137. The zero-order valence-corrected chi connectivity index (χ0v) is 10.4. The number of hydrogen-bond donors (Lipinski definition) is 3. The third-order valence-corrected chi connectivity index (χ3v) is 3.49. The van der Waals surface area contributed by atoms with Gasteiger partial charge in [0.2, 0.25) is 0 Å². The van der Waals surface area contributed by atoms with E-state index in [0.717, 1.165) is 31.6 Å². The minimum Gasteiger partial charge on any atom is -0.398 e. The van der Waals surface area contributed by atoms with Crippen molar-refractivity contribution in [2.45, 2.75) is 25.1 Å². The van der Waals surface area contributed by atoms with Crippen molar-refractivity contribution in [2.24, 2.45) is 5.92 Å². The topological polar surface area (TPSA) is 58.3 Å². The van der Waals surface area contributed by atoms with Crippen LogP contribution in [0.1, 0.15) is 30.1 Å². The van der Waals surface area contributed by atoms with Gasteiger partial charge in [-0.3, -0.25) is 0 Å². The van der Waals surface area contributed by atoms with Crippen molar-refractivity contribution in [3.8, 4) is 0 Å². The molecule has 6 heteroatoms. The summed E-state index contributed by atoms with van der Waals surface area (Å²) in [6, 6.07) is 3.08. The largest absolute Gasteiger partial charge is 0.416 e. The van der Waals surface area contributed by atoms with Crippen LogP contribution in [0.4, 0.5) is 18.9 Å². The molecule has 1 aliphatic rings. The quantitative estimate of drug-likeness (QED) is 0.741. The molecule has 4 N–H and O–H groups in total. The lowest BCUT2D eigenvalue weighted by Gasteiger charge is -2.18. The van der Waals surface area contributed by atoms with E-state index in [2.05, 4.69) is 5.32 Å². The summed E-state index contributed by atoms with van der Waals surface area (Å²) in [4.78, 5) is 0. The Kier molecular flexibility index (Phi) is 4.01. The summed E-state index contributed by atoms with van der Waals surface area (Å²) in [6.07, 6.45) is -4.02. The SMILES string of the molecule is Nc1ccc(C(F)(F)F)cc1C(O)CC1CCNC1. The van der Waals surface area contributed by atoms with Crippen LogP contribution in [-0.4, -0.2) is 18.2 Å². The molecule has 0 bridgehead atoms. The summed E-state index contributed by atoms with van der Waals surface area (Å²) < 4.78 is 37.9. The van der Waals surface area contributed by atoms with Gasteiger partial charge < -0.3 is 16.2 Å². The number of rotatable bonds is 3. The second-order valence-electron chi connectivity index (χ2n) is 4.95. The molecular weight excluding hydrogens is 257 g/mol. The van der Waals surface area contributed by atoms with Crippen LogP contribution in [0.3, 0.4) is 0 Å². The van der Waals surface area contributed by atoms with Gasteiger partial charge in [0, 0.05) is 11.3 Å². The van der Waals surface area contributed by atoms with Crippen LogP contribution < -0.4 is 11.1 Å². The van der Waals surface area contributed by atoms with Crippen molar-refractivity contribution < 1.29 is 18.3 Å². The third kappa shape index (κ3) is 3.39. The van der Waals surface area contributed by atoms with Gasteiger partial charge in [0.05, 0.1) is 11.7 Å². The van der Waals surface area contributed by atoms with Crippen LogP contribution >= 0.6 is 0 Å². The Hall–Kier alpha value is -1.27. The molecule has 1 aliphatic heterocycles. The first-order valence-corrected chi connectivity index (χ1v) is 6.23. The molecule has 3 nitrogen and oxygen atoms in total. The lowest BCUT2D eigenvalue weighted by Crippen LogP contribution is -2.14. The van der Waals surface area contributed by atoms with Crippen molar-refractivity contribution in [1.82, 2.24) is 5.32 Å². The Labute approximate surface area is 109 Å². The van der Waals surface area contributed by atoms with Crippen molar-refractivity contribution in [1.29, 1.82) is 0 Å². The van der Waals surface area contributed by atoms with Crippen molar-refractivity contribution >= 4 is 5.69 Å². The molecule has 19 heavy (non-hydrogen) atoms. The van der Waals surface area contributed by atoms with Crippen LogP contribution in [0.2, 0.25) is 0 Å². The fourth-order valence-corrected chi connectivity index (χ4v) is 2.40. The molecule has 1 aromatic rings. The van der Waals surface area contributed by atoms with E-state index in [9.17, 15) is 18.3 Å². The van der Waals surface area contributed by atoms with Gasteiger partial charge in [0.25, 0.3) is 0 Å². The number of aliphatic hydroxyl groups excluding tert-OH is 1. The molecule has 0 amide bonds. The maximum Gasteiger partial charge on any atom is 0.416 e. The Morgan fingerprint density at radius 2 is 2.16 bits per heavy atom. The molecule has 1 fully saturated rings. The van der Waals surface area contributed by atoms with Crippen molar-refractivity contribution in [3.05, 3.63) is 29.3 Å². The average molecular weight is 274 g/mol. The first kappa shape index (κ1) is 14.1.